The number of nitrogens with one attached hydrogen (secondary N) is 1. The highest BCUT2D eigenvalue weighted by atomic mass is 19.1. The summed E-state index contributed by atoms with van der Waals surface area (Å²) < 4.78 is 12.9. The molecule has 0 heterocycles. The van der Waals surface area contributed by atoms with Crippen LogP contribution in [0.15, 0.2) is 18.2 Å². The summed E-state index contributed by atoms with van der Waals surface area (Å²) in [6, 6.07) is 5.04. The van der Waals surface area contributed by atoms with E-state index in [9.17, 15) is 4.39 Å². The van der Waals surface area contributed by atoms with E-state index < -0.39 is 0 Å². The van der Waals surface area contributed by atoms with Crippen LogP contribution in [0.4, 0.5) is 10.1 Å². The van der Waals surface area contributed by atoms with Crippen LogP contribution in [-0.2, 0) is 0 Å². The fourth-order valence-corrected chi connectivity index (χ4v) is 0.965. The first-order valence-electron chi connectivity index (χ1n) is 4.74. The molecule has 0 unspecified atom stereocenters. The minimum Gasteiger partial charge on any atom is -0.383 e. The molecule has 0 fully saturated rings. The first-order valence-corrected chi connectivity index (χ1v) is 4.74. The molecule has 0 atom stereocenters. The zero-order valence-corrected chi connectivity index (χ0v) is 8.82. The molecule has 13 heavy (non-hydrogen) atoms. The number of rotatable bonds is 2. The number of hydrogen-bond donors (Lipinski definition) is 1. The van der Waals surface area contributed by atoms with Gasteiger partial charge in [0.2, 0.25) is 0 Å². The van der Waals surface area contributed by atoms with Gasteiger partial charge in [-0.1, -0.05) is 19.9 Å². The highest BCUT2D eigenvalue weighted by molar-refractivity contribution is 5.46. The predicted octanol–water partition coefficient (Wildman–Crippen LogP) is 3.59. The lowest BCUT2D eigenvalue weighted by Gasteiger charge is -2.04. The Morgan fingerprint density at radius 2 is 1.92 bits per heavy atom. The molecule has 1 aromatic rings. The highest BCUT2D eigenvalue weighted by Gasteiger charge is 1.98. The molecule has 1 rings (SSSR count). The van der Waals surface area contributed by atoms with Gasteiger partial charge in [0.05, 0.1) is 5.69 Å². The average Bonchev–Trinajstić information content (AvgIpc) is 2.15. The van der Waals surface area contributed by atoms with Crippen LogP contribution in [0.2, 0.25) is 0 Å². The van der Waals surface area contributed by atoms with Gasteiger partial charge in [0.1, 0.15) is 5.82 Å². The van der Waals surface area contributed by atoms with Crippen molar-refractivity contribution in [2.45, 2.75) is 27.7 Å². The van der Waals surface area contributed by atoms with Gasteiger partial charge in [-0.15, -0.1) is 0 Å². The second-order valence-electron chi connectivity index (χ2n) is 2.51. The molecule has 1 aromatic carbocycles. The van der Waals surface area contributed by atoms with Crippen molar-refractivity contribution in [3.05, 3.63) is 29.6 Å². The monoisotopic (exact) mass is 183 g/mol. The molecule has 0 aliphatic rings. The Hall–Kier alpha value is -1.05. The fourth-order valence-electron chi connectivity index (χ4n) is 0.965. The molecule has 0 aliphatic heterocycles. The van der Waals surface area contributed by atoms with Crippen LogP contribution in [0.1, 0.15) is 26.3 Å². The smallest absolute Gasteiger partial charge is 0.146 e. The molecule has 2 heteroatoms. The van der Waals surface area contributed by atoms with Crippen LogP contribution in [0, 0.1) is 12.7 Å². The van der Waals surface area contributed by atoms with E-state index in [-0.39, 0.29) is 5.82 Å². The maximum atomic E-state index is 12.9. The van der Waals surface area contributed by atoms with Crippen molar-refractivity contribution in [2.75, 3.05) is 11.9 Å². The molecule has 0 spiro atoms. The van der Waals surface area contributed by atoms with Gasteiger partial charge < -0.3 is 5.32 Å². The van der Waals surface area contributed by atoms with Crippen LogP contribution in [-0.4, -0.2) is 6.54 Å². The van der Waals surface area contributed by atoms with Crippen molar-refractivity contribution in [2.24, 2.45) is 0 Å². The van der Waals surface area contributed by atoms with Gasteiger partial charge in [-0.2, -0.15) is 0 Å². The standard InChI is InChI=1S/C9H12FN.C2H6/c1-3-11-9-6-7(2)4-5-8(9)10;1-2/h4-6,11H,3H2,1-2H3;1-2H3. The van der Waals surface area contributed by atoms with Gasteiger partial charge in [0.25, 0.3) is 0 Å². The maximum absolute atomic E-state index is 12.9. The minimum absolute atomic E-state index is 0.183. The van der Waals surface area contributed by atoms with Gasteiger partial charge in [-0.25, -0.2) is 4.39 Å². The number of benzene rings is 1. The van der Waals surface area contributed by atoms with E-state index in [0.717, 1.165) is 12.1 Å². The molecule has 0 amide bonds. The summed E-state index contributed by atoms with van der Waals surface area (Å²) in [7, 11) is 0. The van der Waals surface area contributed by atoms with Gasteiger partial charge in [0, 0.05) is 6.54 Å². The van der Waals surface area contributed by atoms with Gasteiger partial charge >= 0.3 is 0 Å². The molecule has 0 aromatic heterocycles. The molecule has 1 nitrogen and oxygen atoms in total. The molecule has 0 radical (unpaired) electrons. The lowest BCUT2D eigenvalue weighted by molar-refractivity contribution is 0.630. The van der Waals surface area contributed by atoms with E-state index in [1.807, 2.05) is 27.7 Å². The van der Waals surface area contributed by atoms with Crippen molar-refractivity contribution in [3.63, 3.8) is 0 Å². The Morgan fingerprint density at radius 3 is 2.46 bits per heavy atom. The normalized spacial score (nSPS) is 8.69. The topological polar surface area (TPSA) is 12.0 Å². The summed E-state index contributed by atoms with van der Waals surface area (Å²) >= 11 is 0. The maximum Gasteiger partial charge on any atom is 0.146 e. The van der Waals surface area contributed by atoms with Gasteiger partial charge in [0.15, 0.2) is 0 Å². The summed E-state index contributed by atoms with van der Waals surface area (Å²) in [5, 5.41) is 2.94. The predicted molar refractivity (Wildman–Crippen MR) is 56.6 cm³/mol. The molecule has 0 aliphatic carbocycles. The zero-order chi connectivity index (χ0) is 10.3. The first kappa shape index (κ1) is 11.9. The molecule has 0 bridgehead atoms. The van der Waals surface area contributed by atoms with Crippen LogP contribution in [0.5, 0.6) is 0 Å². The van der Waals surface area contributed by atoms with Crippen molar-refractivity contribution in [3.8, 4) is 0 Å². The third kappa shape index (κ3) is 3.92. The third-order valence-electron chi connectivity index (χ3n) is 1.49. The number of anilines is 1. The molecular weight excluding hydrogens is 165 g/mol. The molecule has 1 N–H and O–H groups in total. The van der Waals surface area contributed by atoms with E-state index >= 15 is 0 Å². The van der Waals surface area contributed by atoms with Crippen molar-refractivity contribution < 1.29 is 4.39 Å². The van der Waals surface area contributed by atoms with Crippen LogP contribution < -0.4 is 5.32 Å². The Balaban J connectivity index is 0.000000671. The van der Waals surface area contributed by atoms with Crippen LogP contribution in [0.25, 0.3) is 0 Å². The number of aryl methyl sites for hydroxylation is 1. The Labute approximate surface area is 80.0 Å². The Bertz CT molecular complexity index is 246. The van der Waals surface area contributed by atoms with Crippen LogP contribution in [0.3, 0.4) is 0 Å². The second kappa shape index (κ2) is 6.46. The van der Waals surface area contributed by atoms with Crippen molar-refractivity contribution in [1.82, 2.24) is 0 Å². The summed E-state index contributed by atoms with van der Waals surface area (Å²) in [5.74, 6) is -0.183. The average molecular weight is 183 g/mol. The largest absolute Gasteiger partial charge is 0.383 e. The van der Waals surface area contributed by atoms with Crippen molar-refractivity contribution >= 4 is 5.69 Å². The summed E-state index contributed by atoms with van der Waals surface area (Å²) in [5.41, 5.74) is 1.66. The third-order valence-corrected chi connectivity index (χ3v) is 1.49. The first-order chi connectivity index (χ1) is 6.24. The zero-order valence-electron chi connectivity index (χ0n) is 8.82. The van der Waals surface area contributed by atoms with E-state index in [0.29, 0.717) is 5.69 Å². The summed E-state index contributed by atoms with van der Waals surface area (Å²) in [6.45, 7) is 8.64. The molecule has 0 saturated carbocycles. The van der Waals surface area contributed by atoms with E-state index in [1.165, 1.54) is 6.07 Å². The highest BCUT2D eigenvalue weighted by Crippen LogP contribution is 2.14. The van der Waals surface area contributed by atoms with E-state index in [1.54, 1.807) is 12.1 Å². The molecule has 74 valence electrons. The summed E-state index contributed by atoms with van der Waals surface area (Å²) in [6.07, 6.45) is 0. The summed E-state index contributed by atoms with van der Waals surface area (Å²) in [4.78, 5) is 0. The fraction of sp³-hybridized carbons (Fsp3) is 0.455. The number of hydrogen-bond acceptors (Lipinski definition) is 1. The van der Waals surface area contributed by atoms with E-state index in [2.05, 4.69) is 5.32 Å². The van der Waals surface area contributed by atoms with E-state index in [4.69, 9.17) is 0 Å². The Morgan fingerprint density at radius 1 is 1.31 bits per heavy atom. The Kier molecular flexibility index (Phi) is 5.94. The molecule has 0 saturated heterocycles. The quantitative estimate of drug-likeness (QED) is 0.738. The number of halogens is 1. The minimum atomic E-state index is -0.183. The lowest BCUT2D eigenvalue weighted by atomic mass is 10.2. The molecular formula is C11H18FN. The second-order valence-corrected chi connectivity index (χ2v) is 2.51. The van der Waals surface area contributed by atoms with Gasteiger partial charge in [-0.05, 0) is 31.5 Å². The van der Waals surface area contributed by atoms with Crippen molar-refractivity contribution in [1.29, 1.82) is 0 Å². The van der Waals surface area contributed by atoms with Crippen LogP contribution >= 0.6 is 0 Å². The lowest BCUT2D eigenvalue weighted by Crippen LogP contribution is -1.99. The SMILES string of the molecule is CC.CCNc1cc(C)ccc1F. The van der Waals surface area contributed by atoms with Gasteiger partial charge in [-0.3, -0.25) is 0 Å².